The molecular formula is C24H31BrN2O4S. The van der Waals surface area contributed by atoms with Gasteiger partial charge in [-0.25, -0.2) is 12.7 Å². The van der Waals surface area contributed by atoms with Crippen molar-refractivity contribution in [3.63, 3.8) is 0 Å². The van der Waals surface area contributed by atoms with Gasteiger partial charge < -0.3 is 10.1 Å². The smallest absolute Gasteiger partial charge is 0.223 e. The molecule has 0 radical (unpaired) electrons. The third-order valence-electron chi connectivity index (χ3n) is 5.65. The molecule has 1 aliphatic rings. The van der Waals surface area contributed by atoms with Gasteiger partial charge in [0.2, 0.25) is 15.9 Å². The van der Waals surface area contributed by atoms with Crippen LogP contribution in [0.3, 0.4) is 0 Å². The summed E-state index contributed by atoms with van der Waals surface area (Å²) in [4.78, 5) is 12.6. The van der Waals surface area contributed by atoms with E-state index in [9.17, 15) is 13.2 Å². The number of hydrogen-bond acceptors (Lipinski definition) is 4. The molecule has 0 atom stereocenters. The second-order valence-corrected chi connectivity index (χ2v) is 10.9. The Bertz CT molecular complexity index is 1000. The monoisotopic (exact) mass is 522 g/mol. The number of aryl methyl sites for hydroxylation is 1. The first-order valence-electron chi connectivity index (χ1n) is 11.1. The molecule has 0 bridgehead atoms. The highest BCUT2D eigenvalue weighted by atomic mass is 79.9. The molecule has 174 valence electrons. The van der Waals surface area contributed by atoms with Gasteiger partial charge in [0.15, 0.2) is 0 Å². The van der Waals surface area contributed by atoms with Gasteiger partial charge in [0, 0.05) is 30.0 Å². The van der Waals surface area contributed by atoms with Crippen molar-refractivity contribution in [3.8, 4) is 5.75 Å². The van der Waals surface area contributed by atoms with E-state index in [0.29, 0.717) is 39.1 Å². The van der Waals surface area contributed by atoms with E-state index >= 15 is 0 Å². The van der Waals surface area contributed by atoms with Gasteiger partial charge in [-0.3, -0.25) is 4.79 Å². The summed E-state index contributed by atoms with van der Waals surface area (Å²) in [5.41, 5.74) is 1.90. The van der Waals surface area contributed by atoms with E-state index in [1.807, 2.05) is 49.4 Å². The minimum Gasteiger partial charge on any atom is -0.494 e. The lowest BCUT2D eigenvalue weighted by molar-refractivity contribution is -0.126. The molecule has 1 N–H and O–H groups in total. The summed E-state index contributed by atoms with van der Waals surface area (Å²) >= 11 is 3.38. The van der Waals surface area contributed by atoms with Gasteiger partial charge in [-0.05, 0) is 61.9 Å². The predicted octanol–water partition coefficient (Wildman–Crippen LogP) is 4.14. The molecule has 6 nitrogen and oxygen atoms in total. The summed E-state index contributed by atoms with van der Waals surface area (Å²) in [5.74, 6) is 0.764. The van der Waals surface area contributed by atoms with Crippen molar-refractivity contribution in [2.45, 2.75) is 38.4 Å². The lowest BCUT2D eigenvalue weighted by Crippen LogP contribution is -2.43. The van der Waals surface area contributed by atoms with E-state index in [-0.39, 0.29) is 17.6 Å². The number of piperidine rings is 1. The predicted molar refractivity (Wildman–Crippen MR) is 130 cm³/mol. The fourth-order valence-corrected chi connectivity index (χ4v) is 5.96. The number of amides is 1. The number of ether oxygens (including phenoxy) is 1. The van der Waals surface area contributed by atoms with Crippen LogP contribution in [0.2, 0.25) is 0 Å². The van der Waals surface area contributed by atoms with Crippen LogP contribution in [0.25, 0.3) is 0 Å². The Hall–Kier alpha value is -1.90. The molecule has 1 aliphatic heterocycles. The third kappa shape index (κ3) is 7.05. The van der Waals surface area contributed by atoms with Crippen LogP contribution in [-0.4, -0.2) is 44.9 Å². The number of benzene rings is 2. The highest BCUT2D eigenvalue weighted by Crippen LogP contribution is 2.23. The maximum absolute atomic E-state index is 12.8. The lowest BCUT2D eigenvalue weighted by Gasteiger charge is -2.30. The topological polar surface area (TPSA) is 75.7 Å². The molecular weight excluding hydrogens is 492 g/mol. The standard InChI is InChI=1S/C24H31BrN2O4S/c1-2-31-23-11-4-3-8-20(23)9-6-14-26-24(28)21-12-15-27(16-13-21)32(29,30)18-19-7-5-10-22(25)17-19/h3-5,7-8,10-11,17,21H,2,6,9,12-16,18H2,1H3,(H,26,28). The molecule has 0 saturated carbocycles. The van der Waals surface area contributed by atoms with Crippen LogP contribution in [0.15, 0.2) is 53.0 Å². The van der Waals surface area contributed by atoms with Crippen molar-refractivity contribution in [1.82, 2.24) is 9.62 Å². The van der Waals surface area contributed by atoms with Gasteiger partial charge >= 0.3 is 0 Å². The van der Waals surface area contributed by atoms with Crippen molar-refractivity contribution in [2.75, 3.05) is 26.2 Å². The quantitative estimate of drug-likeness (QED) is 0.475. The SMILES string of the molecule is CCOc1ccccc1CCCNC(=O)C1CCN(S(=O)(=O)Cc2cccc(Br)c2)CC1. The fourth-order valence-electron chi connectivity index (χ4n) is 3.97. The van der Waals surface area contributed by atoms with Crippen LogP contribution in [0.5, 0.6) is 5.75 Å². The average Bonchev–Trinajstić information content (AvgIpc) is 2.77. The van der Waals surface area contributed by atoms with Gasteiger partial charge in [-0.2, -0.15) is 0 Å². The summed E-state index contributed by atoms with van der Waals surface area (Å²) in [6, 6.07) is 15.3. The molecule has 0 unspecified atom stereocenters. The number of nitrogens with zero attached hydrogens (tertiary/aromatic N) is 1. The minimum atomic E-state index is -3.39. The van der Waals surface area contributed by atoms with Crippen LogP contribution in [0.4, 0.5) is 0 Å². The highest BCUT2D eigenvalue weighted by molar-refractivity contribution is 9.10. The van der Waals surface area contributed by atoms with E-state index in [2.05, 4.69) is 27.3 Å². The molecule has 0 spiro atoms. The average molecular weight is 523 g/mol. The first-order chi connectivity index (χ1) is 15.4. The van der Waals surface area contributed by atoms with Crippen LogP contribution >= 0.6 is 15.9 Å². The number of halogens is 1. The summed E-state index contributed by atoms with van der Waals surface area (Å²) < 4.78 is 33.6. The molecule has 2 aromatic rings. The van der Waals surface area contributed by atoms with Crippen LogP contribution in [0.1, 0.15) is 37.3 Å². The summed E-state index contributed by atoms with van der Waals surface area (Å²) in [6.07, 6.45) is 2.77. The van der Waals surface area contributed by atoms with Gasteiger partial charge in [-0.15, -0.1) is 0 Å². The van der Waals surface area contributed by atoms with E-state index in [4.69, 9.17) is 4.74 Å². The maximum Gasteiger partial charge on any atom is 0.223 e. The van der Waals surface area contributed by atoms with Gasteiger partial charge in [-0.1, -0.05) is 46.3 Å². The van der Waals surface area contributed by atoms with Gasteiger partial charge in [0.25, 0.3) is 0 Å². The van der Waals surface area contributed by atoms with E-state index < -0.39 is 10.0 Å². The van der Waals surface area contributed by atoms with Crippen LogP contribution in [-0.2, 0) is 27.0 Å². The minimum absolute atomic E-state index is 0.0205. The molecule has 0 aliphatic carbocycles. The normalized spacial score (nSPS) is 15.4. The van der Waals surface area contributed by atoms with Crippen LogP contribution < -0.4 is 10.1 Å². The molecule has 3 rings (SSSR count). The molecule has 32 heavy (non-hydrogen) atoms. The number of carbonyl (C=O) groups is 1. The molecule has 1 fully saturated rings. The molecule has 1 amide bonds. The zero-order chi connectivity index (χ0) is 23.0. The zero-order valence-electron chi connectivity index (χ0n) is 18.4. The van der Waals surface area contributed by atoms with Crippen LogP contribution in [0, 0.1) is 5.92 Å². The maximum atomic E-state index is 12.8. The Balaban J connectivity index is 1.41. The second kappa shape index (κ2) is 11.8. The zero-order valence-corrected chi connectivity index (χ0v) is 20.8. The molecule has 2 aromatic carbocycles. The number of rotatable bonds is 10. The second-order valence-electron chi connectivity index (χ2n) is 7.99. The Morgan fingerprint density at radius 1 is 1.16 bits per heavy atom. The van der Waals surface area contributed by atoms with Crippen molar-refractivity contribution < 1.29 is 17.9 Å². The number of carbonyl (C=O) groups excluding carboxylic acids is 1. The first-order valence-corrected chi connectivity index (χ1v) is 13.5. The molecule has 0 aromatic heterocycles. The summed E-state index contributed by atoms with van der Waals surface area (Å²) in [7, 11) is -3.39. The van der Waals surface area contributed by atoms with E-state index in [1.165, 1.54) is 4.31 Å². The third-order valence-corrected chi connectivity index (χ3v) is 7.99. The molecule has 8 heteroatoms. The van der Waals surface area contributed by atoms with Crippen molar-refractivity contribution in [2.24, 2.45) is 5.92 Å². The van der Waals surface area contributed by atoms with Crippen molar-refractivity contribution in [3.05, 3.63) is 64.1 Å². The van der Waals surface area contributed by atoms with E-state index in [0.717, 1.165) is 34.2 Å². The van der Waals surface area contributed by atoms with Crippen molar-refractivity contribution in [1.29, 1.82) is 0 Å². The largest absolute Gasteiger partial charge is 0.494 e. The first kappa shape index (κ1) is 24.7. The fraction of sp³-hybridized carbons (Fsp3) is 0.458. The summed E-state index contributed by atoms with van der Waals surface area (Å²) in [5, 5.41) is 3.02. The molecule has 1 saturated heterocycles. The Morgan fingerprint density at radius 3 is 2.62 bits per heavy atom. The summed E-state index contributed by atoms with van der Waals surface area (Å²) in [6.45, 7) is 3.96. The number of hydrogen-bond donors (Lipinski definition) is 1. The molecule has 1 heterocycles. The van der Waals surface area contributed by atoms with Crippen molar-refractivity contribution >= 4 is 31.9 Å². The number of nitrogens with one attached hydrogen (secondary N) is 1. The van der Waals surface area contributed by atoms with Gasteiger partial charge in [0.1, 0.15) is 5.75 Å². The number of sulfonamides is 1. The Morgan fingerprint density at radius 2 is 1.91 bits per heavy atom. The Kier molecular flexibility index (Phi) is 9.13. The Labute approximate surface area is 199 Å². The van der Waals surface area contributed by atoms with E-state index in [1.54, 1.807) is 0 Å². The lowest BCUT2D eigenvalue weighted by atomic mass is 9.97. The highest BCUT2D eigenvalue weighted by Gasteiger charge is 2.31. The van der Waals surface area contributed by atoms with Gasteiger partial charge in [0.05, 0.1) is 12.4 Å². The number of para-hydroxylation sites is 1.